The van der Waals surface area contributed by atoms with Gasteiger partial charge >= 0.3 is 0 Å². The molecule has 0 radical (unpaired) electrons. The maximum atomic E-state index is 12.1. The number of hydrogen-bond acceptors (Lipinski definition) is 3. The molecule has 1 fully saturated rings. The van der Waals surface area contributed by atoms with E-state index in [0.29, 0.717) is 26.2 Å². The Labute approximate surface area is 123 Å². The van der Waals surface area contributed by atoms with Crippen molar-refractivity contribution in [2.24, 2.45) is 11.1 Å². The van der Waals surface area contributed by atoms with Gasteiger partial charge in [0.1, 0.15) is 0 Å². The van der Waals surface area contributed by atoms with E-state index in [1.807, 2.05) is 30.5 Å². The quantitative estimate of drug-likeness (QED) is 0.773. The number of carbonyl (C=O) groups is 1. The number of nitrogens with one attached hydrogen (secondary N) is 2. The Balaban J connectivity index is 1.60. The summed E-state index contributed by atoms with van der Waals surface area (Å²) in [6.07, 6.45) is 2.46. The van der Waals surface area contributed by atoms with Gasteiger partial charge in [0.05, 0.1) is 19.3 Å². The Bertz CT molecular complexity index is 646. The summed E-state index contributed by atoms with van der Waals surface area (Å²) in [4.78, 5) is 15.3. The average Bonchev–Trinajstić information content (AvgIpc) is 2.86. The Hall–Kier alpha value is -1.85. The van der Waals surface area contributed by atoms with E-state index in [0.717, 1.165) is 16.5 Å². The van der Waals surface area contributed by atoms with Crippen molar-refractivity contribution >= 4 is 16.8 Å². The molecule has 4 N–H and O–H groups in total. The third kappa shape index (κ3) is 2.94. The maximum absolute atomic E-state index is 12.1. The van der Waals surface area contributed by atoms with E-state index in [2.05, 4.69) is 17.2 Å². The van der Waals surface area contributed by atoms with E-state index in [1.54, 1.807) is 0 Å². The van der Waals surface area contributed by atoms with E-state index >= 15 is 0 Å². The fourth-order valence-corrected chi connectivity index (χ4v) is 2.61. The zero-order valence-corrected chi connectivity index (χ0v) is 12.2. The van der Waals surface area contributed by atoms with Crippen LogP contribution in [-0.2, 0) is 16.0 Å². The van der Waals surface area contributed by atoms with Crippen molar-refractivity contribution in [2.45, 2.75) is 19.4 Å². The van der Waals surface area contributed by atoms with Crippen molar-refractivity contribution in [1.29, 1.82) is 0 Å². The molecule has 3 rings (SSSR count). The second-order valence-corrected chi connectivity index (χ2v) is 6.19. The summed E-state index contributed by atoms with van der Waals surface area (Å²) in [5, 5.41) is 4.06. The van der Waals surface area contributed by atoms with Crippen LogP contribution in [0.2, 0.25) is 0 Å². The van der Waals surface area contributed by atoms with Gasteiger partial charge in [-0.3, -0.25) is 4.79 Å². The van der Waals surface area contributed by atoms with Crippen molar-refractivity contribution in [3.05, 3.63) is 36.0 Å². The van der Waals surface area contributed by atoms with Crippen LogP contribution in [0, 0.1) is 5.41 Å². The van der Waals surface area contributed by atoms with Gasteiger partial charge in [0, 0.05) is 29.1 Å². The Morgan fingerprint density at radius 2 is 2.24 bits per heavy atom. The van der Waals surface area contributed by atoms with Gasteiger partial charge in [0.25, 0.3) is 0 Å². The molecule has 2 heterocycles. The molecule has 1 aromatic heterocycles. The lowest BCUT2D eigenvalue weighted by Crippen LogP contribution is -2.51. The van der Waals surface area contributed by atoms with Crippen LogP contribution in [0.15, 0.2) is 30.5 Å². The van der Waals surface area contributed by atoms with Crippen LogP contribution >= 0.6 is 0 Å². The third-order valence-corrected chi connectivity index (χ3v) is 4.04. The molecule has 1 aromatic carbocycles. The highest BCUT2D eigenvalue weighted by Crippen LogP contribution is 2.25. The number of nitrogens with two attached hydrogens (primary N) is 1. The van der Waals surface area contributed by atoms with Crippen molar-refractivity contribution in [2.75, 3.05) is 19.8 Å². The molecule has 0 spiro atoms. The third-order valence-electron chi connectivity index (χ3n) is 4.04. The Morgan fingerprint density at radius 3 is 2.95 bits per heavy atom. The zero-order valence-electron chi connectivity index (χ0n) is 12.2. The minimum Gasteiger partial charge on any atom is -0.380 e. The van der Waals surface area contributed by atoms with Crippen molar-refractivity contribution in [3.63, 3.8) is 0 Å². The average molecular weight is 287 g/mol. The molecule has 112 valence electrons. The molecule has 1 saturated heterocycles. The lowest BCUT2D eigenvalue weighted by atomic mass is 9.88. The van der Waals surface area contributed by atoms with E-state index in [1.165, 1.54) is 0 Å². The van der Waals surface area contributed by atoms with Crippen LogP contribution in [0.3, 0.4) is 0 Å². The van der Waals surface area contributed by atoms with E-state index < -0.39 is 6.04 Å². The smallest absolute Gasteiger partial charge is 0.237 e. The number of rotatable bonds is 5. The standard InChI is InChI=1S/C16H21N3O2/c1-16(9-21-10-16)8-19-15(20)13(17)6-11-7-18-14-5-3-2-4-12(11)14/h2-5,7,13,18H,6,8-10,17H2,1H3,(H,19,20)/t13-/m1/s1. The number of amides is 1. The molecule has 2 aromatic rings. The normalized spacial score (nSPS) is 18.2. The highest BCUT2D eigenvalue weighted by molar-refractivity contribution is 5.86. The molecular weight excluding hydrogens is 266 g/mol. The van der Waals surface area contributed by atoms with Gasteiger partial charge < -0.3 is 20.8 Å². The van der Waals surface area contributed by atoms with Crippen molar-refractivity contribution in [1.82, 2.24) is 10.3 Å². The summed E-state index contributed by atoms with van der Waals surface area (Å²) >= 11 is 0. The number of aromatic amines is 1. The van der Waals surface area contributed by atoms with Crippen LogP contribution in [0.4, 0.5) is 0 Å². The molecule has 0 aliphatic carbocycles. The summed E-state index contributed by atoms with van der Waals surface area (Å²) in [5.74, 6) is -0.103. The number of benzene rings is 1. The molecule has 1 aliphatic heterocycles. The summed E-state index contributed by atoms with van der Waals surface area (Å²) in [6, 6.07) is 7.49. The number of hydrogen-bond donors (Lipinski definition) is 3. The van der Waals surface area contributed by atoms with Crippen molar-refractivity contribution < 1.29 is 9.53 Å². The number of fused-ring (bicyclic) bond motifs is 1. The van der Waals surface area contributed by atoms with E-state index in [-0.39, 0.29) is 11.3 Å². The Kier molecular flexibility index (Phi) is 3.69. The zero-order chi connectivity index (χ0) is 14.9. The number of carbonyl (C=O) groups excluding carboxylic acids is 1. The van der Waals surface area contributed by atoms with Gasteiger partial charge in [-0.15, -0.1) is 0 Å². The predicted molar refractivity (Wildman–Crippen MR) is 81.9 cm³/mol. The van der Waals surface area contributed by atoms with Crippen LogP contribution in [0.1, 0.15) is 12.5 Å². The van der Waals surface area contributed by atoms with Crippen LogP contribution in [0.25, 0.3) is 10.9 Å². The molecule has 5 nitrogen and oxygen atoms in total. The van der Waals surface area contributed by atoms with Crippen LogP contribution < -0.4 is 11.1 Å². The fourth-order valence-electron chi connectivity index (χ4n) is 2.61. The largest absolute Gasteiger partial charge is 0.380 e. The topological polar surface area (TPSA) is 80.1 Å². The van der Waals surface area contributed by atoms with Crippen LogP contribution in [-0.4, -0.2) is 36.7 Å². The second-order valence-electron chi connectivity index (χ2n) is 6.19. The molecule has 1 aliphatic rings. The molecule has 1 amide bonds. The molecule has 0 saturated carbocycles. The first-order chi connectivity index (χ1) is 10.1. The summed E-state index contributed by atoms with van der Waals surface area (Å²) < 4.78 is 5.18. The van der Waals surface area contributed by atoms with Gasteiger partial charge in [0.15, 0.2) is 0 Å². The van der Waals surface area contributed by atoms with Gasteiger partial charge in [-0.05, 0) is 18.1 Å². The SMILES string of the molecule is CC1(CNC(=O)[C@H](N)Cc2c[nH]c3ccccc23)COC1. The molecule has 0 bridgehead atoms. The number of ether oxygens (including phenoxy) is 1. The van der Waals surface area contributed by atoms with Gasteiger partial charge in [0.2, 0.25) is 5.91 Å². The number of H-pyrrole nitrogens is 1. The molecular formula is C16H21N3O2. The van der Waals surface area contributed by atoms with Crippen molar-refractivity contribution in [3.8, 4) is 0 Å². The number of aromatic nitrogens is 1. The number of para-hydroxylation sites is 1. The van der Waals surface area contributed by atoms with E-state index in [9.17, 15) is 4.79 Å². The Morgan fingerprint density at radius 1 is 1.48 bits per heavy atom. The highest BCUT2D eigenvalue weighted by Gasteiger charge is 2.34. The van der Waals surface area contributed by atoms with Crippen LogP contribution in [0.5, 0.6) is 0 Å². The lowest BCUT2D eigenvalue weighted by molar-refractivity contribution is -0.127. The molecule has 0 unspecified atom stereocenters. The maximum Gasteiger partial charge on any atom is 0.237 e. The molecule has 5 heteroatoms. The monoisotopic (exact) mass is 287 g/mol. The lowest BCUT2D eigenvalue weighted by Gasteiger charge is -2.38. The van der Waals surface area contributed by atoms with Gasteiger partial charge in [-0.25, -0.2) is 0 Å². The fraction of sp³-hybridized carbons (Fsp3) is 0.438. The van der Waals surface area contributed by atoms with E-state index in [4.69, 9.17) is 10.5 Å². The summed E-state index contributed by atoms with van der Waals surface area (Å²) in [5.41, 5.74) is 8.24. The summed E-state index contributed by atoms with van der Waals surface area (Å²) in [6.45, 7) is 4.12. The minimum atomic E-state index is -0.534. The minimum absolute atomic E-state index is 0.0656. The first kappa shape index (κ1) is 14.1. The summed E-state index contributed by atoms with van der Waals surface area (Å²) in [7, 11) is 0. The van der Waals surface area contributed by atoms with Gasteiger partial charge in [-0.2, -0.15) is 0 Å². The first-order valence-corrected chi connectivity index (χ1v) is 7.23. The van der Waals surface area contributed by atoms with Gasteiger partial charge in [-0.1, -0.05) is 25.1 Å². The second kappa shape index (κ2) is 5.50. The molecule has 1 atom stereocenters. The highest BCUT2D eigenvalue weighted by atomic mass is 16.5. The first-order valence-electron chi connectivity index (χ1n) is 7.23. The predicted octanol–water partition coefficient (Wildman–Crippen LogP) is 1.19. The molecule has 21 heavy (non-hydrogen) atoms.